The molecule has 0 atom stereocenters. The number of guanidine groups is 1. The Labute approximate surface area is 203 Å². The Hall–Kier alpha value is -1.84. The van der Waals surface area contributed by atoms with Gasteiger partial charge in [0.25, 0.3) is 0 Å². The van der Waals surface area contributed by atoms with Gasteiger partial charge in [-0.15, -0.1) is 24.0 Å². The first kappa shape index (κ1) is 25.4. The number of hydrogen-bond donors (Lipinski definition) is 2. The Morgan fingerprint density at radius 2 is 1.84 bits per heavy atom. The molecule has 7 heteroatoms. The van der Waals surface area contributed by atoms with E-state index in [4.69, 9.17) is 9.47 Å². The Kier molecular flexibility index (Phi) is 11.7. The van der Waals surface area contributed by atoms with Crippen LogP contribution in [0.5, 0.6) is 5.75 Å². The Bertz CT molecular complexity index is 810. The number of methoxy groups -OCH3 is 1. The minimum Gasteiger partial charge on any atom is -0.497 e. The van der Waals surface area contributed by atoms with Gasteiger partial charge < -0.3 is 20.1 Å². The number of benzene rings is 2. The van der Waals surface area contributed by atoms with Crippen LogP contribution >= 0.6 is 24.0 Å². The van der Waals surface area contributed by atoms with Gasteiger partial charge in [-0.05, 0) is 41.7 Å². The van der Waals surface area contributed by atoms with Crippen LogP contribution in [0.15, 0.2) is 53.5 Å². The van der Waals surface area contributed by atoms with E-state index in [0.717, 1.165) is 70.5 Å². The molecule has 0 saturated carbocycles. The molecule has 1 aliphatic heterocycles. The fourth-order valence-electron chi connectivity index (χ4n) is 3.61. The lowest BCUT2D eigenvalue weighted by atomic mass is 10.1. The van der Waals surface area contributed by atoms with Crippen LogP contribution in [-0.2, 0) is 24.2 Å². The third kappa shape index (κ3) is 8.66. The number of aliphatic imine (C=N–C) groups is 1. The summed E-state index contributed by atoms with van der Waals surface area (Å²) >= 11 is 0. The number of nitrogens with zero attached hydrogens (tertiary/aromatic N) is 2. The van der Waals surface area contributed by atoms with Gasteiger partial charge in [0.2, 0.25) is 0 Å². The van der Waals surface area contributed by atoms with Gasteiger partial charge in [0.05, 0.1) is 20.3 Å². The first-order valence-electron chi connectivity index (χ1n) is 10.7. The first-order valence-corrected chi connectivity index (χ1v) is 10.7. The monoisotopic (exact) mass is 538 g/mol. The lowest BCUT2D eigenvalue weighted by Crippen LogP contribution is -2.38. The molecule has 170 valence electrons. The van der Waals surface area contributed by atoms with Crippen LogP contribution in [-0.4, -0.2) is 57.9 Å². The zero-order valence-corrected chi connectivity index (χ0v) is 20.9. The molecular weight excluding hydrogens is 503 g/mol. The Balaban J connectivity index is 0.00000341. The second kappa shape index (κ2) is 14.3. The van der Waals surface area contributed by atoms with E-state index in [-0.39, 0.29) is 24.0 Å². The van der Waals surface area contributed by atoms with Crippen LogP contribution in [0.25, 0.3) is 0 Å². The molecule has 0 radical (unpaired) electrons. The van der Waals surface area contributed by atoms with E-state index in [1.807, 2.05) is 19.2 Å². The molecule has 0 amide bonds. The van der Waals surface area contributed by atoms with Crippen molar-refractivity contribution in [3.05, 3.63) is 65.2 Å². The van der Waals surface area contributed by atoms with Gasteiger partial charge >= 0.3 is 0 Å². The summed E-state index contributed by atoms with van der Waals surface area (Å²) in [6.07, 6.45) is 2.03. The highest BCUT2D eigenvalue weighted by Gasteiger charge is 2.12. The predicted molar refractivity (Wildman–Crippen MR) is 137 cm³/mol. The van der Waals surface area contributed by atoms with Crippen molar-refractivity contribution in [2.45, 2.75) is 25.9 Å². The summed E-state index contributed by atoms with van der Waals surface area (Å²) in [7, 11) is 3.52. The molecule has 2 N–H and O–H groups in total. The van der Waals surface area contributed by atoms with Crippen LogP contribution in [0, 0.1) is 0 Å². The summed E-state index contributed by atoms with van der Waals surface area (Å²) in [5.74, 6) is 1.75. The summed E-state index contributed by atoms with van der Waals surface area (Å²) in [6.45, 7) is 6.24. The molecule has 0 unspecified atom stereocenters. The summed E-state index contributed by atoms with van der Waals surface area (Å²) < 4.78 is 10.8. The van der Waals surface area contributed by atoms with Crippen molar-refractivity contribution in [3.8, 4) is 5.75 Å². The van der Waals surface area contributed by atoms with Crippen LogP contribution in [0.3, 0.4) is 0 Å². The van der Waals surface area contributed by atoms with Gasteiger partial charge in [-0.3, -0.25) is 9.89 Å². The first-order chi connectivity index (χ1) is 14.8. The molecule has 3 rings (SSSR count). The van der Waals surface area contributed by atoms with E-state index in [1.54, 1.807) is 7.11 Å². The minimum atomic E-state index is 0. The lowest BCUT2D eigenvalue weighted by Gasteiger charge is -2.27. The molecule has 6 nitrogen and oxygen atoms in total. The van der Waals surface area contributed by atoms with Gasteiger partial charge in [0.1, 0.15) is 5.75 Å². The number of hydrogen-bond acceptors (Lipinski definition) is 4. The molecule has 1 saturated heterocycles. The number of nitrogens with one attached hydrogen (secondary N) is 2. The highest BCUT2D eigenvalue weighted by atomic mass is 127. The van der Waals surface area contributed by atoms with Gasteiger partial charge in [-0.1, -0.05) is 36.4 Å². The van der Waals surface area contributed by atoms with Crippen molar-refractivity contribution in [1.82, 2.24) is 15.5 Å². The molecule has 2 aromatic rings. The number of ether oxygens (including phenoxy) is 2. The van der Waals surface area contributed by atoms with Crippen LogP contribution in [0.2, 0.25) is 0 Å². The van der Waals surface area contributed by atoms with Crippen molar-refractivity contribution in [3.63, 3.8) is 0 Å². The molecule has 31 heavy (non-hydrogen) atoms. The molecule has 1 fully saturated rings. The summed E-state index contributed by atoms with van der Waals surface area (Å²) in [6, 6.07) is 16.9. The van der Waals surface area contributed by atoms with Crippen LogP contribution < -0.4 is 15.4 Å². The normalized spacial score (nSPS) is 14.6. The smallest absolute Gasteiger partial charge is 0.191 e. The summed E-state index contributed by atoms with van der Waals surface area (Å²) in [5, 5.41) is 6.88. The zero-order chi connectivity index (χ0) is 21.0. The third-order valence-corrected chi connectivity index (χ3v) is 5.35. The number of halogens is 1. The van der Waals surface area contributed by atoms with Crippen molar-refractivity contribution >= 4 is 29.9 Å². The highest BCUT2D eigenvalue weighted by molar-refractivity contribution is 14.0. The molecule has 2 aromatic carbocycles. The van der Waals surface area contributed by atoms with E-state index >= 15 is 0 Å². The van der Waals surface area contributed by atoms with Crippen molar-refractivity contribution in [2.24, 2.45) is 4.99 Å². The lowest BCUT2D eigenvalue weighted by molar-refractivity contribution is 0.0341. The van der Waals surface area contributed by atoms with Crippen LogP contribution in [0.4, 0.5) is 0 Å². The third-order valence-electron chi connectivity index (χ3n) is 5.35. The Morgan fingerprint density at radius 3 is 2.58 bits per heavy atom. The topological polar surface area (TPSA) is 58.1 Å². The number of aryl methyl sites for hydroxylation is 1. The summed E-state index contributed by atoms with van der Waals surface area (Å²) in [5.41, 5.74) is 3.96. The van der Waals surface area contributed by atoms with E-state index in [9.17, 15) is 0 Å². The molecule has 0 bridgehead atoms. The second-order valence-electron chi connectivity index (χ2n) is 7.46. The largest absolute Gasteiger partial charge is 0.497 e. The zero-order valence-electron chi connectivity index (χ0n) is 18.6. The maximum absolute atomic E-state index is 5.46. The average molecular weight is 538 g/mol. The standard InChI is InChI=1S/C24H34N4O2.HI/c1-25-24(26-12-6-8-20-7-5-11-23(17-20)29-2)27-18-21-9-3-4-10-22(21)19-28-13-15-30-16-14-28;/h3-5,7,9-11,17H,6,8,12-16,18-19H2,1-2H3,(H2,25,26,27);1H. The van der Waals surface area contributed by atoms with Crippen molar-refractivity contribution in [1.29, 1.82) is 0 Å². The molecule has 0 aromatic heterocycles. The number of rotatable bonds is 9. The van der Waals surface area contributed by atoms with Gasteiger partial charge in [0, 0.05) is 39.8 Å². The molecule has 1 heterocycles. The van der Waals surface area contributed by atoms with Gasteiger partial charge in [-0.2, -0.15) is 0 Å². The molecule has 0 spiro atoms. The maximum Gasteiger partial charge on any atom is 0.191 e. The second-order valence-corrected chi connectivity index (χ2v) is 7.46. The van der Waals surface area contributed by atoms with Crippen molar-refractivity contribution < 1.29 is 9.47 Å². The minimum absolute atomic E-state index is 0. The summed E-state index contributed by atoms with van der Waals surface area (Å²) in [4.78, 5) is 6.82. The van der Waals surface area contributed by atoms with Gasteiger partial charge in [0.15, 0.2) is 5.96 Å². The fourth-order valence-corrected chi connectivity index (χ4v) is 3.61. The molecular formula is C24H35IN4O2. The van der Waals surface area contributed by atoms with Crippen molar-refractivity contribution in [2.75, 3.05) is 47.0 Å². The molecule has 0 aliphatic carbocycles. The Morgan fingerprint density at radius 1 is 1.06 bits per heavy atom. The van der Waals surface area contributed by atoms with E-state index in [1.165, 1.54) is 16.7 Å². The SMILES string of the molecule is CN=C(NCCCc1cccc(OC)c1)NCc1ccccc1CN1CCOCC1.I. The quantitative estimate of drug-likeness (QED) is 0.222. The van der Waals surface area contributed by atoms with Gasteiger partial charge in [-0.25, -0.2) is 0 Å². The number of morpholine rings is 1. The average Bonchev–Trinajstić information content (AvgIpc) is 2.80. The fraction of sp³-hybridized carbons (Fsp3) is 0.458. The van der Waals surface area contributed by atoms with Crippen LogP contribution in [0.1, 0.15) is 23.1 Å². The highest BCUT2D eigenvalue weighted by Crippen LogP contribution is 2.14. The molecule has 1 aliphatic rings. The maximum atomic E-state index is 5.46. The van der Waals surface area contributed by atoms with E-state index in [0.29, 0.717) is 0 Å². The van der Waals surface area contributed by atoms with E-state index < -0.39 is 0 Å². The predicted octanol–water partition coefficient (Wildman–Crippen LogP) is 3.44. The van der Waals surface area contributed by atoms with E-state index in [2.05, 4.69) is 56.9 Å².